The average Bonchev–Trinajstić information content (AvgIpc) is 0.825. The lowest BCUT2D eigenvalue weighted by molar-refractivity contribution is -0.193. The van der Waals surface area contributed by atoms with Gasteiger partial charge in [0.2, 0.25) is 59.1 Å². The molecular formula is C70H105F9N16O23. The van der Waals surface area contributed by atoms with Crippen LogP contribution in [0.1, 0.15) is 132 Å². The highest BCUT2D eigenvalue weighted by molar-refractivity contribution is 6.00. The van der Waals surface area contributed by atoms with Gasteiger partial charge in [0.1, 0.15) is 48.3 Å². The second kappa shape index (κ2) is 51.1. The number of aliphatic hydroxyl groups is 4. The summed E-state index contributed by atoms with van der Waals surface area (Å²) in [5.74, 6) is -25.1. The number of amides is 11. The van der Waals surface area contributed by atoms with Gasteiger partial charge in [0.05, 0.1) is 31.4 Å². The van der Waals surface area contributed by atoms with Gasteiger partial charge in [-0.3, -0.25) is 62.7 Å². The first-order valence-electron chi connectivity index (χ1n) is 36.2. The molecule has 1 aliphatic heterocycles. The number of carbonyl (C=O) groups is 15. The van der Waals surface area contributed by atoms with Crippen molar-refractivity contribution in [3.8, 4) is 0 Å². The molecule has 1 aromatic heterocycles. The van der Waals surface area contributed by atoms with Gasteiger partial charge in [-0.15, -0.1) is 0 Å². The van der Waals surface area contributed by atoms with E-state index in [9.17, 15) is 113 Å². The van der Waals surface area contributed by atoms with E-state index < -0.39 is 217 Å². The molecular weight excluding hydrogens is 1600 g/mol. The SMILES string of the molecule is CC[C@H](C)[C@@H]1NC(=O)[C@@H](CCCN=C(N)N)NC(=O)[C@H](CC(C)C)NC(=O)[C@H]([C@H](O)C(C)C)NC(=O)[C@@H](NC(=O)[C@H](CC(C)C)NC(=O)[C@H](N)CC(C)C)[C@@H](c2ccccc2)OC(=O)[C@H](CO)NC(=O)[C@H]([C@H](O)C(=O)NCc2cccnc2)NC(=O)CNC(=O)[C@H]([C@H](C)O)NC1=O.O=C(O)C(F)(F)F.O=C(O)C(F)(F)F.O=C(O)C(F)(F)F. The summed E-state index contributed by atoms with van der Waals surface area (Å²) in [4.78, 5) is 208. The standard InChI is InChI=1S/C64H102N16O17.3C2HF3O2/c1-12-35(10)45-58(91)78-46(36(11)82)57(90)71-29-44(83)76-48(51(85)62(95)70-28-37-18-16-22-68-27-37)60(93)75-43(30-81)63(96)97-52(38-19-14-13-15-20-38)49(80-56(89)42(26-33(6)7)73-53(86)39(65)24-31(2)3)61(94)79-47(50(84)34(8)9)59(92)74-41(25-32(4)5)55(88)72-40(54(87)77-45)21-17-23-69-64(66)67;3*3-2(4,5)1(6)7/h13-16,18-20,22,27,31-36,39-43,45-52,81-82,84-85H,12,17,21,23-26,28-30,65H2,1-11H3,(H,70,95)(H,71,90)(H,72,88)(H,73,86)(H,74,92)(H,75,93)(H,76,83)(H,77,87)(H,78,91)(H,79,94)(H,80,89)(H4,66,67,69);3*(H,6,7)/t35-,36-,39+,40+,41-,42-,43-,45-,46-,47-,48-,49-,50+,51-,52+;;;/m0.../s1. The van der Waals surface area contributed by atoms with Crippen LogP contribution >= 0.6 is 0 Å². The van der Waals surface area contributed by atoms with E-state index in [2.05, 4.69) is 68.5 Å². The molecule has 1 fully saturated rings. The van der Waals surface area contributed by atoms with E-state index in [1.54, 1.807) is 53.7 Å². The van der Waals surface area contributed by atoms with Crippen LogP contribution in [0.5, 0.6) is 0 Å². The summed E-state index contributed by atoms with van der Waals surface area (Å²) in [6, 6.07) is -7.65. The number of carbonyl (C=O) groups excluding carboxylic acids is 12. The van der Waals surface area contributed by atoms with Crippen LogP contribution in [0.25, 0.3) is 0 Å². The lowest BCUT2D eigenvalue weighted by Gasteiger charge is -2.34. The molecule has 0 aliphatic carbocycles. The third-order valence-electron chi connectivity index (χ3n) is 16.3. The minimum atomic E-state index is -5.08. The molecule has 2 aromatic rings. The second-order valence-electron chi connectivity index (χ2n) is 28.1. The zero-order valence-electron chi connectivity index (χ0n) is 65.9. The number of carboxylic acids is 3. The van der Waals surface area contributed by atoms with Gasteiger partial charge in [0, 0.05) is 25.5 Å². The lowest BCUT2D eigenvalue weighted by atomic mass is 9.95. The van der Waals surface area contributed by atoms with Gasteiger partial charge in [0.15, 0.2) is 24.2 Å². The van der Waals surface area contributed by atoms with Crippen LogP contribution < -0.4 is 75.7 Å². The number of ether oxygens (including phenoxy) is 1. The molecule has 1 aromatic carbocycles. The molecule has 0 radical (unpaired) electrons. The van der Waals surface area contributed by atoms with E-state index in [-0.39, 0.29) is 80.9 Å². The number of aliphatic carboxylic acids is 3. The van der Waals surface area contributed by atoms with Crippen LogP contribution in [0, 0.1) is 29.6 Å². The Kier molecular flexibility index (Phi) is 46.3. The Labute approximate surface area is 670 Å². The van der Waals surface area contributed by atoms with Gasteiger partial charge in [0.25, 0.3) is 5.91 Å². The molecule has 48 heteroatoms. The van der Waals surface area contributed by atoms with E-state index in [0.717, 1.165) is 6.92 Å². The number of nitrogens with zero attached hydrogens (tertiary/aromatic N) is 2. The molecule has 1 aliphatic rings. The highest BCUT2D eigenvalue weighted by Crippen LogP contribution is 2.26. The molecule has 0 bridgehead atoms. The Bertz CT molecular complexity index is 3620. The molecule has 39 nitrogen and oxygen atoms in total. The molecule has 24 N–H and O–H groups in total. The van der Waals surface area contributed by atoms with Crippen molar-refractivity contribution >= 4 is 94.8 Å². The minimum Gasteiger partial charge on any atom is -0.475 e. The number of halogens is 9. The Morgan fingerprint density at radius 3 is 1.55 bits per heavy atom. The number of carboxylic acid groups (broad SMARTS) is 3. The van der Waals surface area contributed by atoms with Crippen molar-refractivity contribution in [2.24, 2.45) is 51.8 Å². The Morgan fingerprint density at radius 1 is 0.593 bits per heavy atom. The van der Waals surface area contributed by atoms with Gasteiger partial charge < -0.3 is 116 Å². The Balaban J connectivity index is 0.00000571. The zero-order chi connectivity index (χ0) is 91.2. The zero-order valence-corrected chi connectivity index (χ0v) is 65.9. The number of guanidine groups is 1. The summed E-state index contributed by atoms with van der Waals surface area (Å²) in [5, 5.41) is 93.4. The fourth-order valence-corrected chi connectivity index (χ4v) is 10.0. The van der Waals surface area contributed by atoms with Gasteiger partial charge >= 0.3 is 42.4 Å². The van der Waals surface area contributed by atoms with Crippen LogP contribution in [0.15, 0.2) is 59.9 Å². The van der Waals surface area contributed by atoms with Crippen molar-refractivity contribution in [3.05, 3.63) is 66.0 Å². The molecule has 666 valence electrons. The number of aromatic nitrogens is 1. The number of nitrogens with one attached hydrogen (secondary N) is 11. The number of alkyl halides is 9. The number of hydrogen-bond donors (Lipinski definition) is 21. The van der Waals surface area contributed by atoms with Crippen molar-refractivity contribution in [1.82, 2.24) is 63.5 Å². The van der Waals surface area contributed by atoms with Crippen LogP contribution in [0.2, 0.25) is 0 Å². The largest absolute Gasteiger partial charge is 0.490 e. The summed E-state index contributed by atoms with van der Waals surface area (Å²) in [5.41, 5.74) is 17.7. The van der Waals surface area contributed by atoms with Gasteiger partial charge in [-0.05, 0) is 85.8 Å². The maximum Gasteiger partial charge on any atom is 0.490 e. The highest BCUT2D eigenvalue weighted by atomic mass is 19.4. The van der Waals surface area contributed by atoms with Crippen molar-refractivity contribution in [2.45, 2.75) is 225 Å². The minimum absolute atomic E-state index is 0.0435. The van der Waals surface area contributed by atoms with E-state index in [0.29, 0.717) is 5.56 Å². The fourth-order valence-electron chi connectivity index (χ4n) is 10.0. The lowest BCUT2D eigenvalue weighted by Crippen LogP contribution is -2.64. The monoisotopic (exact) mass is 1710 g/mol. The number of aliphatic imine (C=N–C) groups is 1. The second-order valence-corrected chi connectivity index (χ2v) is 28.1. The van der Waals surface area contributed by atoms with E-state index in [4.69, 9.17) is 51.6 Å². The number of esters is 1. The molecule has 11 amide bonds. The highest BCUT2D eigenvalue weighted by Gasteiger charge is 2.45. The quantitative estimate of drug-likeness (QED) is 0.0163. The Morgan fingerprint density at radius 2 is 1.08 bits per heavy atom. The third kappa shape index (κ3) is 40.1. The van der Waals surface area contributed by atoms with Crippen molar-refractivity contribution in [1.29, 1.82) is 0 Å². The van der Waals surface area contributed by atoms with Crippen LogP contribution in [0.4, 0.5) is 39.5 Å². The third-order valence-corrected chi connectivity index (χ3v) is 16.3. The molecule has 2 heterocycles. The normalized spacial score (nSPS) is 21.5. The van der Waals surface area contributed by atoms with Crippen molar-refractivity contribution in [2.75, 3.05) is 19.7 Å². The predicted molar refractivity (Wildman–Crippen MR) is 394 cm³/mol. The van der Waals surface area contributed by atoms with Gasteiger partial charge in [-0.1, -0.05) is 112 Å². The maximum absolute atomic E-state index is 15.5. The summed E-state index contributed by atoms with van der Waals surface area (Å²) in [6.07, 6.45) is -20.5. The summed E-state index contributed by atoms with van der Waals surface area (Å²) < 4.78 is 101. The van der Waals surface area contributed by atoms with Crippen LogP contribution in [0.3, 0.4) is 0 Å². The average molecular weight is 1710 g/mol. The molecule has 15 atom stereocenters. The van der Waals surface area contributed by atoms with Crippen LogP contribution in [-0.2, 0) is 83.2 Å². The molecule has 118 heavy (non-hydrogen) atoms. The Hall–Kier alpha value is -11.1. The van der Waals surface area contributed by atoms with E-state index in [1.165, 1.54) is 56.6 Å². The topological polar surface area (TPSA) is 643 Å². The first-order chi connectivity index (χ1) is 54.4. The van der Waals surface area contributed by atoms with E-state index >= 15 is 4.79 Å². The number of hydrogen-bond acceptors (Lipinski definition) is 23. The fraction of sp³-hybridized carbons (Fsp3) is 0.614. The maximum atomic E-state index is 15.5. The number of pyridine rings is 1. The summed E-state index contributed by atoms with van der Waals surface area (Å²) >= 11 is 0. The van der Waals surface area contributed by atoms with Gasteiger partial charge in [-0.25, -0.2) is 19.2 Å². The summed E-state index contributed by atoms with van der Waals surface area (Å²) in [7, 11) is 0. The number of benzene rings is 1. The number of nitrogens with two attached hydrogens (primary N) is 3. The molecule has 1 saturated heterocycles. The molecule has 0 unspecified atom stereocenters. The summed E-state index contributed by atoms with van der Waals surface area (Å²) in [6.45, 7) is 15.1. The molecule has 3 rings (SSSR count). The number of rotatable bonds is 25. The van der Waals surface area contributed by atoms with Crippen LogP contribution in [-0.4, -0.2) is 253 Å². The van der Waals surface area contributed by atoms with Gasteiger partial charge in [-0.2, -0.15) is 39.5 Å². The first kappa shape index (κ1) is 107. The van der Waals surface area contributed by atoms with Crippen molar-refractivity contribution < 1.29 is 152 Å². The number of aliphatic hydroxyl groups excluding tert-OH is 4. The predicted octanol–water partition coefficient (Wildman–Crippen LogP) is -2.31. The smallest absolute Gasteiger partial charge is 0.475 e. The molecule has 0 saturated carbocycles. The molecule has 0 spiro atoms. The first-order valence-corrected chi connectivity index (χ1v) is 36.2. The number of cyclic esters (lactones) is 1. The van der Waals surface area contributed by atoms with Crippen molar-refractivity contribution in [3.63, 3.8) is 0 Å². The van der Waals surface area contributed by atoms with E-state index in [1.807, 2.05) is 13.8 Å².